The van der Waals surface area contributed by atoms with Gasteiger partial charge in [-0.2, -0.15) is 0 Å². The van der Waals surface area contributed by atoms with Crippen LogP contribution in [0.1, 0.15) is 11.1 Å². The summed E-state index contributed by atoms with van der Waals surface area (Å²) in [4.78, 5) is 0. The van der Waals surface area contributed by atoms with Crippen molar-refractivity contribution in [3.8, 4) is 95.0 Å². The molecule has 0 saturated heterocycles. The van der Waals surface area contributed by atoms with Crippen LogP contribution in [0.2, 0.25) is 0 Å². The Morgan fingerprint density at radius 3 is 0.778 bits per heavy atom. The zero-order valence-corrected chi connectivity index (χ0v) is 65.6. The minimum Gasteiger partial charge on any atom is -0.309 e. The summed E-state index contributed by atoms with van der Waals surface area (Å²) in [5.74, 6) is 0. The van der Waals surface area contributed by atoms with Crippen LogP contribution in [0, 0.1) is 0 Å². The third-order valence-electron chi connectivity index (χ3n) is 24.1. The lowest BCUT2D eigenvalue weighted by Gasteiger charge is -2.18. The first kappa shape index (κ1) is 69.1. The number of rotatable bonds is 9. The number of halogens is 1. The van der Waals surface area contributed by atoms with Gasteiger partial charge in [0.25, 0.3) is 0 Å². The number of hydrogen-bond donors (Lipinski definition) is 0. The highest BCUT2D eigenvalue weighted by atomic mass is 79.9. The summed E-state index contributed by atoms with van der Waals surface area (Å²) in [6, 6.07) is 159. The van der Waals surface area contributed by atoms with Crippen LogP contribution in [-0.4, -0.2) is 13.7 Å². The molecule has 0 atom stereocenters. The van der Waals surface area contributed by atoms with E-state index in [0.29, 0.717) is 0 Å². The number of para-hydroxylation sites is 5. The van der Waals surface area contributed by atoms with Crippen molar-refractivity contribution in [2.24, 2.45) is 0 Å². The molecule has 0 unspecified atom stereocenters. The Morgan fingerprint density at radius 2 is 0.410 bits per heavy atom. The van der Waals surface area contributed by atoms with Crippen LogP contribution in [0.4, 0.5) is 0 Å². The largest absolute Gasteiger partial charge is 0.309 e. The van der Waals surface area contributed by atoms with Crippen LogP contribution in [0.3, 0.4) is 0 Å². The second kappa shape index (κ2) is 29.1. The molecule has 0 bridgehead atoms. The van der Waals surface area contributed by atoms with E-state index in [-0.39, 0.29) is 0 Å². The lowest BCUT2D eigenvalue weighted by atomic mass is 9.86. The van der Waals surface area contributed by atoms with Crippen LogP contribution in [-0.2, 0) is 6.42 Å². The number of benzene rings is 20. The Kier molecular flexibility index (Phi) is 17.2. The van der Waals surface area contributed by atoms with Crippen molar-refractivity contribution in [1.82, 2.24) is 13.7 Å². The van der Waals surface area contributed by atoms with Crippen molar-refractivity contribution in [1.29, 1.82) is 0 Å². The topological polar surface area (TPSA) is 14.8 Å². The summed E-state index contributed by atoms with van der Waals surface area (Å²) in [5, 5.41) is 17.9. The Bertz CT molecular complexity index is 7580. The van der Waals surface area contributed by atoms with Crippen LogP contribution in [0.5, 0.6) is 0 Å². The summed E-state index contributed by atoms with van der Waals surface area (Å²) in [6.45, 7) is 0. The lowest BCUT2D eigenvalue weighted by molar-refractivity contribution is 1.18. The van der Waals surface area contributed by atoms with Crippen molar-refractivity contribution in [2.45, 2.75) is 6.42 Å². The SMILES string of the molecule is Brc1ccc(-c2c3ccccc3c(-c3ccccc3)c3ccccc23)cc1.c1ccc(-c2c3ccccc3c(-c3ccc(-n4c5ccccc5c5cc(-c6ccc(-n7c8ccccc8c8ccccc87)cc6)ccc54)cc3)c3ccccc23)cc1.c1ccc2c(c1)Cc1ccc(-c3ccc(-n4c5ccccc5c5ccccc54)cc3)cc1-2. The van der Waals surface area contributed by atoms with Gasteiger partial charge in [0.1, 0.15) is 0 Å². The molecular weight excluding hydrogens is 1480 g/mol. The van der Waals surface area contributed by atoms with E-state index in [0.717, 1.165) is 22.3 Å². The van der Waals surface area contributed by atoms with Crippen LogP contribution in [0.25, 0.3) is 203 Å². The molecule has 3 aromatic heterocycles. The summed E-state index contributed by atoms with van der Waals surface area (Å²) in [6.07, 6.45) is 1.04. The molecule has 0 spiro atoms. The van der Waals surface area contributed by atoms with E-state index >= 15 is 0 Å². The zero-order chi connectivity index (χ0) is 77.4. The Balaban J connectivity index is 0.000000118. The van der Waals surface area contributed by atoms with Gasteiger partial charge < -0.3 is 13.7 Å². The molecule has 24 rings (SSSR count). The average Bonchev–Trinajstić information content (AvgIpc) is 1.55. The molecule has 3 heterocycles. The number of aromatic nitrogens is 3. The number of hydrogen-bond acceptors (Lipinski definition) is 0. The smallest absolute Gasteiger partial charge is 0.0541 e. The third-order valence-corrected chi connectivity index (χ3v) is 24.6. The van der Waals surface area contributed by atoms with E-state index in [1.165, 1.54) is 203 Å². The summed E-state index contributed by atoms with van der Waals surface area (Å²) >= 11 is 3.56. The highest BCUT2D eigenvalue weighted by molar-refractivity contribution is 9.10. The molecule has 4 heteroatoms. The Hall–Kier alpha value is -14.7. The predicted molar refractivity (Wildman–Crippen MR) is 501 cm³/mol. The number of fused-ring (bicyclic) bond motifs is 16. The van der Waals surface area contributed by atoms with E-state index in [1.54, 1.807) is 0 Å². The first-order chi connectivity index (χ1) is 58.0. The van der Waals surface area contributed by atoms with Crippen molar-refractivity contribution in [3.05, 3.63) is 452 Å². The third kappa shape index (κ3) is 11.9. The minimum absolute atomic E-state index is 1.04. The highest BCUT2D eigenvalue weighted by Gasteiger charge is 2.23. The molecule has 0 saturated carbocycles. The Morgan fingerprint density at radius 1 is 0.162 bits per heavy atom. The summed E-state index contributed by atoms with van der Waals surface area (Å²) < 4.78 is 8.26. The molecule has 20 aromatic carbocycles. The average molecular weight is 1550 g/mol. The lowest BCUT2D eigenvalue weighted by Crippen LogP contribution is -1.95. The van der Waals surface area contributed by atoms with Gasteiger partial charge in [-0.1, -0.05) is 356 Å². The van der Waals surface area contributed by atoms with Crippen LogP contribution in [0.15, 0.2) is 441 Å². The quantitative estimate of drug-likeness (QED) is 0.128. The van der Waals surface area contributed by atoms with E-state index in [1.807, 2.05) is 0 Å². The molecule has 548 valence electrons. The molecule has 1 aliphatic rings. The van der Waals surface area contributed by atoms with Gasteiger partial charge >= 0.3 is 0 Å². The standard InChI is InChI=1S/C56H36N2.C31H21N.C26H17Br/c1-2-14-38(15-3-1)55-46-19-4-6-21-48(46)56(49-22-7-5-20-47(49)55)39-28-33-42(34-29-39)58-53-25-13-10-18-45(53)50-36-40(30-35-54(50)58)37-26-31-41(32-27-37)57-51-23-11-8-16-43(51)44-17-9-12-24-52(44)57;1-2-8-26-23(7-1)19-24-14-13-22(20-29(24)26)21-15-17-25(18-16-21)32-30-11-5-3-9-27(30)28-10-4-6-12-31(28)32;27-20-16-14-19(15-17-20)26-23-12-6-4-10-21(23)25(18-8-2-1-3-9-18)22-11-5-7-13-24(22)26/h1-36H;1-18,20H,19H2;1-17H. The predicted octanol–water partition coefficient (Wildman–Crippen LogP) is 31.3. The van der Waals surface area contributed by atoms with Gasteiger partial charge in [-0.25, -0.2) is 0 Å². The van der Waals surface area contributed by atoms with Crippen molar-refractivity contribution >= 4 is 124 Å². The highest BCUT2D eigenvalue weighted by Crippen LogP contribution is 2.48. The van der Waals surface area contributed by atoms with Gasteiger partial charge in [-0.15, -0.1) is 0 Å². The van der Waals surface area contributed by atoms with Gasteiger partial charge in [0, 0.05) is 53.9 Å². The number of nitrogens with zero attached hydrogens (tertiary/aromatic N) is 3. The van der Waals surface area contributed by atoms with Crippen molar-refractivity contribution in [2.75, 3.05) is 0 Å². The molecular formula is C113H74BrN3. The fraction of sp³-hybridized carbons (Fsp3) is 0.00885. The monoisotopic (exact) mass is 1550 g/mol. The summed E-state index contributed by atoms with van der Waals surface area (Å²) in [7, 11) is 0. The maximum absolute atomic E-state index is 3.56. The first-order valence-electron chi connectivity index (χ1n) is 40.3. The molecule has 0 N–H and O–H groups in total. The molecule has 0 radical (unpaired) electrons. The van der Waals surface area contributed by atoms with Gasteiger partial charge in [-0.05, 0) is 236 Å². The normalized spacial score (nSPS) is 11.8. The maximum Gasteiger partial charge on any atom is 0.0541 e. The van der Waals surface area contributed by atoms with Gasteiger partial charge in [0.05, 0.1) is 33.1 Å². The van der Waals surface area contributed by atoms with Crippen molar-refractivity contribution in [3.63, 3.8) is 0 Å². The minimum atomic E-state index is 1.04. The molecule has 117 heavy (non-hydrogen) atoms. The Labute approximate surface area is 686 Å². The van der Waals surface area contributed by atoms with Crippen molar-refractivity contribution < 1.29 is 0 Å². The van der Waals surface area contributed by atoms with Crippen LogP contribution >= 0.6 is 15.9 Å². The van der Waals surface area contributed by atoms with E-state index in [4.69, 9.17) is 0 Å². The second-order valence-corrected chi connectivity index (χ2v) is 31.5. The van der Waals surface area contributed by atoms with Gasteiger partial charge in [0.2, 0.25) is 0 Å². The molecule has 1 aliphatic carbocycles. The molecule has 0 aliphatic heterocycles. The van der Waals surface area contributed by atoms with E-state index in [9.17, 15) is 0 Å². The first-order valence-corrected chi connectivity index (χ1v) is 41.1. The molecule has 0 amide bonds. The van der Waals surface area contributed by atoms with Crippen LogP contribution < -0.4 is 0 Å². The van der Waals surface area contributed by atoms with Gasteiger partial charge in [0.15, 0.2) is 0 Å². The van der Waals surface area contributed by atoms with E-state index in [2.05, 4.69) is 466 Å². The molecule has 0 fully saturated rings. The zero-order valence-electron chi connectivity index (χ0n) is 64.0. The summed E-state index contributed by atoms with van der Waals surface area (Å²) in [5.41, 5.74) is 31.5. The maximum atomic E-state index is 3.56. The fourth-order valence-electron chi connectivity index (χ4n) is 18.8. The second-order valence-electron chi connectivity index (χ2n) is 30.6. The molecule has 23 aromatic rings. The molecule has 3 nitrogen and oxygen atoms in total. The van der Waals surface area contributed by atoms with Gasteiger partial charge in [-0.3, -0.25) is 0 Å². The van der Waals surface area contributed by atoms with E-state index < -0.39 is 0 Å². The fourth-order valence-corrected chi connectivity index (χ4v) is 19.1.